The van der Waals surface area contributed by atoms with E-state index in [1.807, 2.05) is 11.8 Å². The number of piperidine rings is 1. The van der Waals surface area contributed by atoms with E-state index in [0.29, 0.717) is 18.3 Å². The molecule has 0 aromatic heterocycles. The van der Waals surface area contributed by atoms with Gasteiger partial charge in [-0.2, -0.15) is 0 Å². The third-order valence-corrected chi connectivity index (χ3v) is 3.62. The fourth-order valence-electron chi connectivity index (χ4n) is 2.27. The first kappa shape index (κ1) is 12.5. The van der Waals surface area contributed by atoms with Crippen LogP contribution in [0.2, 0.25) is 0 Å². The number of amides is 1. The third-order valence-electron chi connectivity index (χ3n) is 3.62. The van der Waals surface area contributed by atoms with Gasteiger partial charge in [0.25, 0.3) is 5.91 Å². The lowest BCUT2D eigenvalue weighted by Crippen LogP contribution is -2.46. The summed E-state index contributed by atoms with van der Waals surface area (Å²) in [5.74, 6) is 1.23. The van der Waals surface area contributed by atoms with E-state index < -0.39 is 6.10 Å². The molecule has 0 aliphatic carbocycles. The van der Waals surface area contributed by atoms with Crippen molar-refractivity contribution in [3.05, 3.63) is 0 Å². The Morgan fingerprint density at radius 2 is 2.20 bits per heavy atom. The highest BCUT2D eigenvalue weighted by Crippen LogP contribution is 2.25. The zero-order chi connectivity index (χ0) is 11.4. The molecule has 0 aromatic carbocycles. The Balaban J connectivity index is 2.54. The number of hydrogen-bond acceptors (Lipinski definition) is 2. The van der Waals surface area contributed by atoms with Crippen molar-refractivity contribution in [3.8, 4) is 0 Å². The number of aliphatic hydroxyl groups excluding tert-OH is 1. The minimum Gasteiger partial charge on any atom is -0.383 e. The zero-order valence-electron chi connectivity index (χ0n) is 10.1. The summed E-state index contributed by atoms with van der Waals surface area (Å²) in [5.41, 5.74) is 0. The molecule has 1 aliphatic rings. The van der Waals surface area contributed by atoms with Crippen LogP contribution >= 0.6 is 0 Å². The molecule has 0 radical (unpaired) electrons. The van der Waals surface area contributed by atoms with Gasteiger partial charge in [-0.05, 0) is 24.7 Å². The molecule has 3 unspecified atom stereocenters. The van der Waals surface area contributed by atoms with E-state index in [9.17, 15) is 9.90 Å². The second kappa shape index (κ2) is 5.50. The van der Waals surface area contributed by atoms with Crippen LogP contribution in [-0.4, -0.2) is 35.1 Å². The quantitative estimate of drug-likeness (QED) is 0.774. The summed E-state index contributed by atoms with van der Waals surface area (Å²) in [7, 11) is 0. The molecule has 1 rings (SSSR count). The predicted octanol–water partition coefficient (Wildman–Crippen LogP) is 1.65. The molecule has 0 spiro atoms. The molecule has 88 valence electrons. The van der Waals surface area contributed by atoms with Crippen molar-refractivity contribution in [2.45, 2.75) is 46.1 Å². The summed E-state index contributed by atoms with van der Waals surface area (Å²) in [6.07, 6.45) is 1.91. The van der Waals surface area contributed by atoms with E-state index in [1.165, 1.54) is 0 Å². The van der Waals surface area contributed by atoms with Gasteiger partial charge in [0.05, 0.1) is 0 Å². The Labute approximate surface area is 92.5 Å². The third kappa shape index (κ3) is 2.94. The molecule has 1 aliphatic heterocycles. The maximum Gasteiger partial charge on any atom is 0.251 e. The SMILES string of the molecule is CCC(O)C(=O)N1CCC(C)C(CC)C1. The topological polar surface area (TPSA) is 40.5 Å². The Morgan fingerprint density at radius 1 is 1.53 bits per heavy atom. The van der Waals surface area contributed by atoms with E-state index in [0.717, 1.165) is 25.9 Å². The molecule has 3 heteroatoms. The van der Waals surface area contributed by atoms with E-state index in [1.54, 1.807) is 0 Å². The average molecular weight is 213 g/mol. The van der Waals surface area contributed by atoms with Crippen LogP contribution in [0.25, 0.3) is 0 Å². The number of rotatable bonds is 3. The molecular weight excluding hydrogens is 190 g/mol. The minimum atomic E-state index is -0.795. The van der Waals surface area contributed by atoms with Gasteiger partial charge in [0, 0.05) is 13.1 Å². The molecule has 15 heavy (non-hydrogen) atoms. The van der Waals surface area contributed by atoms with Crippen molar-refractivity contribution in [1.29, 1.82) is 0 Å². The van der Waals surface area contributed by atoms with Crippen molar-refractivity contribution in [1.82, 2.24) is 4.90 Å². The summed E-state index contributed by atoms with van der Waals surface area (Å²) < 4.78 is 0. The number of nitrogens with zero attached hydrogens (tertiary/aromatic N) is 1. The summed E-state index contributed by atoms with van der Waals surface area (Å²) in [6, 6.07) is 0. The molecule has 1 heterocycles. The van der Waals surface area contributed by atoms with E-state index >= 15 is 0 Å². The molecule has 3 nitrogen and oxygen atoms in total. The van der Waals surface area contributed by atoms with Crippen LogP contribution < -0.4 is 0 Å². The monoisotopic (exact) mass is 213 g/mol. The van der Waals surface area contributed by atoms with Gasteiger partial charge in [-0.25, -0.2) is 0 Å². The molecule has 1 amide bonds. The summed E-state index contributed by atoms with van der Waals surface area (Å²) in [5, 5.41) is 9.51. The Hall–Kier alpha value is -0.570. The van der Waals surface area contributed by atoms with Crippen molar-refractivity contribution in [2.75, 3.05) is 13.1 Å². The van der Waals surface area contributed by atoms with Crippen LogP contribution in [-0.2, 0) is 4.79 Å². The van der Waals surface area contributed by atoms with Gasteiger partial charge in [-0.15, -0.1) is 0 Å². The van der Waals surface area contributed by atoms with Gasteiger partial charge in [-0.1, -0.05) is 27.2 Å². The Bertz CT molecular complexity index is 218. The van der Waals surface area contributed by atoms with Crippen LogP contribution in [0.5, 0.6) is 0 Å². The molecule has 1 saturated heterocycles. The van der Waals surface area contributed by atoms with Gasteiger partial charge in [0.15, 0.2) is 0 Å². The highest BCUT2D eigenvalue weighted by Gasteiger charge is 2.29. The number of carbonyl (C=O) groups excluding carboxylic acids is 1. The maximum absolute atomic E-state index is 11.8. The molecule has 0 saturated carbocycles. The van der Waals surface area contributed by atoms with E-state index in [4.69, 9.17) is 0 Å². The molecule has 0 aromatic rings. The largest absolute Gasteiger partial charge is 0.383 e. The number of likely N-dealkylation sites (tertiary alicyclic amines) is 1. The molecule has 1 N–H and O–H groups in total. The minimum absolute atomic E-state index is 0.0807. The van der Waals surface area contributed by atoms with Gasteiger partial charge in [0.1, 0.15) is 6.10 Å². The first-order valence-electron chi connectivity index (χ1n) is 6.06. The summed E-state index contributed by atoms with van der Waals surface area (Å²) in [4.78, 5) is 13.6. The molecule has 3 atom stereocenters. The van der Waals surface area contributed by atoms with E-state index in [-0.39, 0.29) is 5.91 Å². The second-order valence-electron chi connectivity index (χ2n) is 4.64. The molecule has 1 fully saturated rings. The average Bonchev–Trinajstić information content (AvgIpc) is 2.27. The lowest BCUT2D eigenvalue weighted by atomic mass is 9.85. The van der Waals surface area contributed by atoms with Crippen LogP contribution in [0.15, 0.2) is 0 Å². The van der Waals surface area contributed by atoms with Gasteiger partial charge in [0.2, 0.25) is 0 Å². The number of aliphatic hydroxyl groups is 1. The second-order valence-corrected chi connectivity index (χ2v) is 4.64. The van der Waals surface area contributed by atoms with Gasteiger partial charge in [-0.3, -0.25) is 4.79 Å². The highest BCUT2D eigenvalue weighted by atomic mass is 16.3. The Morgan fingerprint density at radius 3 is 2.73 bits per heavy atom. The summed E-state index contributed by atoms with van der Waals surface area (Å²) in [6.45, 7) is 7.91. The summed E-state index contributed by atoms with van der Waals surface area (Å²) >= 11 is 0. The Kier molecular flexibility index (Phi) is 4.58. The molecular formula is C12H23NO2. The normalized spacial score (nSPS) is 28.9. The van der Waals surface area contributed by atoms with Gasteiger partial charge >= 0.3 is 0 Å². The first-order chi connectivity index (χ1) is 7.10. The first-order valence-corrected chi connectivity index (χ1v) is 6.06. The zero-order valence-corrected chi connectivity index (χ0v) is 10.1. The molecule has 0 bridgehead atoms. The lowest BCUT2D eigenvalue weighted by molar-refractivity contribution is -0.142. The smallest absolute Gasteiger partial charge is 0.251 e. The van der Waals surface area contributed by atoms with Gasteiger partial charge < -0.3 is 10.0 Å². The number of hydrogen-bond donors (Lipinski definition) is 1. The maximum atomic E-state index is 11.8. The standard InChI is InChI=1S/C12H23NO2/c1-4-10-8-13(7-6-9(10)3)12(15)11(14)5-2/h9-11,14H,4-8H2,1-3H3. The van der Waals surface area contributed by atoms with E-state index in [2.05, 4.69) is 13.8 Å². The van der Waals surface area contributed by atoms with Crippen molar-refractivity contribution in [3.63, 3.8) is 0 Å². The fourth-order valence-corrected chi connectivity index (χ4v) is 2.27. The fraction of sp³-hybridized carbons (Fsp3) is 0.917. The number of carbonyl (C=O) groups is 1. The highest BCUT2D eigenvalue weighted by molar-refractivity contribution is 5.80. The van der Waals surface area contributed by atoms with Crippen LogP contribution in [0.4, 0.5) is 0 Å². The van der Waals surface area contributed by atoms with Crippen LogP contribution in [0.1, 0.15) is 40.0 Å². The van der Waals surface area contributed by atoms with Crippen LogP contribution in [0, 0.1) is 11.8 Å². The lowest BCUT2D eigenvalue weighted by Gasteiger charge is -2.37. The van der Waals surface area contributed by atoms with Crippen molar-refractivity contribution >= 4 is 5.91 Å². The van der Waals surface area contributed by atoms with Crippen molar-refractivity contribution < 1.29 is 9.90 Å². The predicted molar refractivity (Wildman–Crippen MR) is 60.4 cm³/mol. The van der Waals surface area contributed by atoms with Crippen LogP contribution in [0.3, 0.4) is 0 Å². The van der Waals surface area contributed by atoms with Crippen molar-refractivity contribution in [2.24, 2.45) is 11.8 Å².